The lowest BCUT2D eigenvalue weighted by atomic mass is 10.1. The van der Waals surface area contributed by atoms with Gasteiger partial charge in [-0.2, -0.15) is 0 Å². The molecule has 0 unspecified atom stereocenters. The van der Waals surface area contributed by atoms with Crippen molar-refractivity contribution in [2.75, 3.05) is 30.9 Å². The van der Waals surface area contributed by atoms with Gasteiger partial charge in [-0.3, -0.25) is 24.1 Å². The molecule has 218 valence electrons. The Morgan fingerprint density at radius 2 is 1.64 bits per heavy atom. The Bertz CT molecular complexity index is 1620. The average Bonchev–Trinajstić information content (AvgIpc) is 3.21. The van der Waals surface area contributed by atoms with Crippen molar-refractivity contribution < 1.29 is 28.7 Å². The molecule has 3 aromatic carbocycles. The third-order valence-electron chi connectivity index (χ3n) is 6.68. The fraction of sp³-hybridized carbons (Fsp3) is 0.226. The van der Waals surface area contributed by atoms with Crippen molar-refractivity contribution in [1.29, 1.82) is 0 Å². The summed E-state index contributed by atoms with van der Waals surface area (Å²) in [6.45, 7) is 7.02. The number of amides is 4. The van der Waals surface area contributed by atoms with Gasteiger partial charge in [0.15, 0.2) is 18.1 Å². The summed E-state index contributed by atoms with van der Waals surface area (Å²) >= 11 is 4.24. The number of hydrogen-bond donors (Lipinski definition) is 2. The fourth-order valence-corrected chi connectivity index (χ4v) is 5.41. The number of thioether (sulfide) groups is 1. The SMILES string of the molecule is COc1cc(/C=C2/SC(=O)N(CC(=O)Nc3cc(C)ccc3C)C2=O)ccc1OCC(=O)Nc1ccc(Br)c(C)c1C. The highest BCUT2D eigenvalue weighted by molar-refractivity contribution is 9.10. The highest BCUT2D eigenvalue weighted by Crippen LogP contribution is 2.35. The summed E-state index contributed by atoms with van der Waals surface area (Å²) in [5.74, 6) is -0.675. The molecular weight excluding hydrogens is 622 g/mol. The van der Waals surface area contributed by atoms with Gasteiger partial charge in [0.1, 0.15) is 6.54 Å². The first-order valence-corrected chi connectivity index (χ1v) is 14.6. The number of rotatable bonds is 9. The van der Waals surface area contributed by atoms with E-state index in [1.54, 1.807) is 24.3 Å². The van der Waals surface area contributed by atoms with E-state index in [0.29, 0.717) is 28.4 Å². The van der Waals surface area contributed by atoms with Gasteiger partial charge in [-0.05, 0) is 104 Å². The van der Waals surface area contributed by atoms with Crippen LogP contribution < -0.4 is 20.1 Å². The third-order valence-corrected chi connectivity index (χ3v) is 8.45. The minimum Gasteiger partial charge on any atom is -0.493 e. The summed E-state index contributed by atoms with van der Waals surface area (Å²) in [6, 6.07) is 14.3. The van der Waals surface area contributed by atoms with Crippen LogP contribution in [0.3, 0.4) is 0 Å². The predicted octanol–water partition coefficient (Wildman–Crippen LogP) is 6.38. The number of methoxy groups -OCH3 is 1. The molecule has 9 nitrogen and oxygen atoms in total. The first-order chi connectivity index (χ1) is 20.0. The van der Waals surface area contributed by atoms with E-state index in [1.165, 1.54) is 7.11 Å². The van der Waals surface area contributed by atoms with Crippen LogP contribution in [0.2, 0.25) is 0 Å². The first kappa shape index (κ1) is 30.9. The molecule has 0 spiro atoms. The van der Waals surface area contributed by atoms with Crippen molar-refractivity contribution in [3.8, 4) is 11.5 Å². The van der Waals surface area contributed by atoms with Crippen LogP contribution in [0.15, 0.2) is 57.9 Å². The molecule has 0 aliphatic carbocycles. The van der Waals surface area contributed by atoms with Crippen LogP contribution in [-0.4, -0.2) is 48.1 Å². The van der Waals surface area contributed by atoms with Crippen LogP contribution in [0.5, 0.6) is 11.5 Å². The molecular formula is C31H30BrN3O6S. The van der Waals surface area contributed by atoms with Crippen LogP contribution in [0.1, 0.15) is 27.8 Å². The molecule has 0 atom stereocenters. The van der Waals surface area contributed by atoms with Crippen LogP contribution >= 0.6 is 27.7 Å². The molecule has 1 aliphatic heterocycles. The van der Waals surface area contributed by atoms with E-state index in [2.05, 4.69) is 26.6 Å². The highest BCUT2D eigenvalue weighted by Gasteiger charge is 2.36. The standard InChI is InChI=1S/C31H30BrN3O6S/c1-17-6-7-18(2)24(12-17)34-28(36)15-35-30(38)27(42-31(35)39)14-21-8-11-25(26(13-21)40-5)41-16-29(37)33-23-10-9-22(32)19(3)20(23)4/h6-14H,15-16H2,1-5H3,(H,33,37)(H,34,36)/b27-14+. The monoisotopic (exact) mass is 651 g/mol. The van der Waals surface area contributed by atoms with Crippen molar-refractivity contribution in [2.45, 2.75) is 27.7 Å². The Balaban J connectivity index is 1.39. The van der Waals surface area contributed by atoms with Crippen LogP contribution in [0.25, 0.3) is 6.08 Å². The molecule has 0 aromatic heterocycles. The van der Waals surface area contributed by atoms with Gasteiger partial charge in [0.2, 0.25) is 5.91 Å². The molecule has 1 aliphatic rings. The number of ether oxygens (including phenoxy) is 2. The minimum atomic E-state index is -0.560. The van der Waals surface area contributed by atoms with E-state index in [1.807, 2.05) is 58.0 Å². The number of hydrogen-bond acceptors (Lipinski definition) is 7. The fourth-order valence-electron chi connectivity index (χ4n) is 4.14. The van der Waals surface area contributed by atoms with E-state index in [9.17, 15) is 19.2 Å². The van der Waals surface area contributed by atoms with Crippen LogP contribution in [0.4, 0.5) is 16.2 Å². The van der Waals surface area contributed by atoms with Gasteiger partial charge in [-0.15, -0.1) is 0 Å². The number of carbonyl (C=O) groups is 4. The van der Waals surface area contributed by atoms with E-state index in [0.717, 1.165) is 43.4 Å². The molecule has 0 saturated carbocycles. The lowest BCUT2D eigenvalue weighted by molar-refractivity contribution is -0.127. The van der Waals surface area contributed by atoms with Crippen molar-refractivity contribution >= 4 is 68.1 Å². The second-order valence-corrected chi connectivity index (χ2v) is 11.6. The largest absolute Gasteiger partial charge is 0.493 e. The maximum absolute atomic E-state index is 13.0. The Hall–Kier alpha value is -4.09. The molecule has 1 saturated heterocycles. The first-order valence-electron chi connectivity index (χ1n) is 13.0. The Labute approximate surface area is 256 Å². The minimum absolute atomic E-state index is 0.176. The Morgan fingerprint density at radius 3 is 2.38 bits per heavy atom. The molecule has 3 aromatic rings. The summed E-state index contributed by atoms with van der Waals surface area (Å²) in [5, 5.41) is 5.09. The quantitative estimate of drug-likeness (QED) is 0.258. The van der Waals surface area contributed by atoms with Gasteiger partial charge in [-0.25, -0.2) is 0 Å². The molecule has 0 radical (unpaired) electrons. The summed E-state index contributed by atoms with van der Waals surface area (Å²) < 4.78 is 12.1. The van der Waals surface area contributed by atoms with Gasteiger partial charge in [0.05, 0.1) is 12.0 Å². The maximum atomic E-state index is 13.0. The summed E-state index contributed by atoms with van der Waals surface area (Å²) in [7, 11) is 1.46. The summed E-state index contributed by atoms with van der Waals surface area (Å²) in [4.78, 5) is 51.8. The molecule has 0 bridgehead atoms. The Morgan fingerprint density at radius 1 is 0.905 bits per heavy atom. The van der Waals surface area contributed by atoms with Gasteiger partial charge in [-0.1, -0.05) is 34.1 Å². The zero-order valence-corrected chi connectivity index (χ0v) is 26.2. The number of benzene rings is 3. The number of anilines is 2. The van der Waals surface area contributed by atoms with Crippen molar-refractivity contribution in [3.05, 3.63) is 85.7 Å². The second-order valence-electron chi connectivity index (χ2n) is 9.73. The zero-order chi connectivity index (χ0) is 30.6. The van der Waals surface area contributed by atoms with Crippen molar-refractivity contribution in [3.63, 3.8) is 0 Å². The van der Waals surface area contributed by atoms with Gasteiger partial charge >= 0.3 is 0 Å². The average molecular weight is 653 g/mol. The third kappa shape index (κ3) is 7.21. The maximum Gasteiger partial charge on any atom is 0.294 e. The predicted molar refractivity (Wildman–Crippen MR) is 168 cm³/mol. The smallest absolute Gasteiger partial charge is 0.294 e. The Kier molecular flexibility index (Phi) is 9.74. The van der Waals surface area contributed by atoms with Gasteiger partial charge in [0.25, 0.3) is 17.1 Å². The topological polar surface area (TPSA) is 114 Å². The number of aryl methyl sites for hydroxylation is 2. The molecule has 1 heterocycles. The number of halogens is 1. The van der Waals surface area contributed by atoms with E-state index in [4.69, 9.17) is 9.47 Å². The van der Waals surface area contributed by atoms with E-state index < -0.39 is 23.6 Å². The molecule has 4 rings (SSSR count). The molecule has 4 amide bonds. The number of nitrogens with one attached hydrogen (secondary N) is 2. The summed E-state index contributed by atoms with van der Waals surface area (Å²) in [5.41, 5.74) is 5.74. The van der Waals surface area contributed by atoms with E-state index >= 15 is 0 Å². The van der Waals surface area contributed by atoms with Crippen LogP contribution in [-0.2, 0) is 14.4 Å². The molecule has 2 N–H and O–H groups in total. The zero-order valence-electron chi connectivity index (χ0n) is 23.8. The van der Waals surface area contributed by atoms with Gasteiger partial charge in [0, 0.05) is 15.8 Å². The molecule has 42 heavy (non-hydrogen) atoms. The normalized spacial score (nSPS) is 13.9. The highest BCUT2D eigenvalue weighted by atomic mass is 79.9. The van der Waals surface area contributed by atoms with Crippen molar-refractivity contribution in [1.82, 2.24) is 4.90 Å². The van der Waals surface area contributed by atoms with Gasteiger partial charge < -0.3 is 20.1 Å². The lowest BCUT2D eigenvalue weighted by Crippen LogP contribution is -2.36. The number of imide groups is 1. The lowest BCUT2D eigenvalue weighted by Gasteiger charge is -2.14. The summed E-state index contributed by atoms with van der Waals surface area (Å²) in [6.07, 6.45) is 1.55. The molecule has 11 heteroatoms. The molecule has 1 fully saturated rings. The van der Waals surface area contributed by atoms with Crippen molar-refractivity contribution in [2.24, 2.45) is 0 Å². The number of nitrogens with zero attached hydrogens (tertiary/aromatic N) is 1. The second kappa shape index (κ2) is 13.3. The number of carbonyl (C=O) groups excluding carboxylic acids is 4. The van der Waals surface area contributed by atoms with E-state index in [-0.39, 0.29) is 17.4 Å². The van der Waals surface area contributed by atoms with Crippen LogP contribution in [0, 0.1) is 27.7 Å².